The molecule has 3 rings (SSSR count). The molecule has 0 saturated carbocycles. The van der Waals surface area contributed by atoms with Crippen LogP contribution in [0, 0.1) is 13.8 Å². The highest BCUT2D eigenvalue weighted by atomic mass is 127. The highest BCUT2D eigenvalue weighted by molar-refractivity contribution is 14.0. The Balaban J connectivity index is 0.00000300. The van der Waals surface area contributed by atoms with Gasteiger partial charge in [0.05, 0.1) is 18.8 Å². The standard InChI is InChI=1S/C21H30N6O.HI/c1-5-22-21(23-13-18-15(2)25-26(4)16(18)3)24-14-20(28)27-12-8-10-17-9-6-7-11-19(17)27;/h6-7,9,11H,5,8,10,12-14H2,1-4H3,(H2,22,23,24);1H. The Morgan fingerprint density at radius 3 is 2.69 bits per heavy atom. The molecule has 0 radical (unpaired) electrons. The maximum Gasteiger partial charge on any atom is 0.246 e. The van der Waals surface area contributed by atoms with Gasteiger partial charge < -0.3 is 15.5 Å². The molecule has 0 unspecified atom stereocenters. The fourth-order valence-corrected chi connectivity index (χ4v) is 3.59. The van der Waals surface area contributed by atoms with Gasteiger partial charge in [-0.3, -0.25) is 9.48 Å². The van der Waals surface area contributed by atoms with Crippen LogP contribution in [0.4, 0.5) is 5.69 Å². The molecule has 0 atom stereocenters. The predicted molar refractivity (Wildman–Crippen MR) is 128 cm³/mol. The van der Waals surface area contributed by atoms with Crippen molar-refractivity contribution >= 4 is 41.5 Å². The van der Waals surface area contributed by atoms with E-state index in [2.05, 4.69) is 26.8 Å². The lowest BCUT2D eigenvalue weighted by Crippen LogP contribution is -2.46. The molecule has 2 heterocycles. The first kappa shape index (κ1) is 23.2. The minimum absolute atomic E-state index is 0. The second-order valence-electron chi connectivity index (χ2n) is 7.10. The van der Waals surface area contributed by atoms with Gasteiger partial charge in [-0.05, 0) is 45.2 Å². The number of aromatic nitrogens is 2. The third-order valence-corrected chi connectivity index (χ3v) is 5.22. The number of benzene rings is 1. The third-order valence-electron chi connectivity index (χ3n) is 5.22. The van der Waals surface area contributed by atoms with Gasteiger partial charge >= 0.3 is 0 Å². The second kappa shape index (κ2) is 10.6. The van der Waals surface area contributed by atoms with Crippen molar-refractivity contribution in [3.8, 4) is 0 Å². The quantitative estimate of drug-likeness (QED) is 0.369. The maximum atomic E-state index is 12.8. The van der Waals surface area contributed by atoms with Gasteiger partial charge in [0.15, 0.2) is 5.96 Å². The van der Waals surface area contributed by atoms with Crippen LogP contribution in [-0.4, -0.2) is 41.3 Å². The van der Waals surface area contributed by atoms with Gasteiger partial charge in [-0.15, -0.1) is 24.0 Å². The van der Waals surface area contributed by atoms with E-state index in [1.54, 1.807) is 0 Å². The second-order valence-corrected chi connectivity index (χ2v) is 7.10. The molecule has 158 valence electrons. The van der Waals surface area contributed by atoms with E-state index in [-0.39, 0.29) is 36.4 Å². The van der Waals surface area contributed by atoms with Crippen LogP contribution >= 0.6 is 24.0 Å². The van der Waals surface area contributed by atoms with E-state index >= 15 is 0 Å². The molecule has 2 N–H and O–H groups in total. The van der Waals surface area contributed by atoms with E-state index in [1.807, 2.05) is 55.6 Å². The van der Waals surface area contributed by atoms with Crippen LogP contribution in [0.1, 0.15) is 35.9 Å². The molecule has 0 spiro atoms. The molecule has 8 heteroatoms. The van der Waals surface area contributed by atoms with Crippen LogP contribution in [0.2, 0.25) is 0 Å². The molecule has 1 aliphatic heterocycles. The lowest BCUT2D eigenvalue weighted by molar-refractivity contribution is -0.117. The molecular formula is C21H31IN6O. The summed E-state index contributed by atoms with van der Waals surface area (Å²) in [6, 6.07) is 8.15. The lowest BCUT2D eigenvalue weighted by atomic mass is 10.0. The number of rotatable bonds is 5. The maximum absolute atomic E-state index is 12.8. The number of anilines is 1. The first-order valence-electron chi connectivity index (χ1n) is 9.90. The van der Waals surface area contributed by atoms with Crippen molar-refractivity contribution in [2.45, 2.75) is 40.2 Å². The molecule has 1 aliphatic rings. The summed E-state index contributed by atoms with van der Waals surface area (Å²) in [5.74, 6) is 0.704. The smallest absolute Gasteiger partial charge is 0.246 e. The number of carbonyl (C=O) groups is 1. The van der Waals surface area contributed by atoms with Gasteiger partial charge in [0.25, 0.3) is 0 Å². The number of nitrogens with one attached hydrogen (secondary N) is 2. The van der Waals surface area contributed by atoms with Crippen molar-refractivity contribution in [1.82, 2.24) is 20.4 Å². The number of amides is 1. The molecule has 0 fully saturated rings. The number of para-hydroxylation sites is 1. The molecular weight excluding hydrogens is 479 g/mol. The number of hydrogen-bond donors (Lipinski definition) is 2. The van der Waals surface area contributed by atoms with E-state index < -0.39 is 0 Å². The lowest BCUT2D eigenvalue weighted by Gasteiger charge is -2.29. The zero-order chi connectivity index (χ0) is 20.1. The summed E-state index contributed by atoms with van der Waals surface area (Å²) in [7, 11) is 1.94. The average Bonchev–Trinajstić information content (AvgIpc) is 2.94. The first-order valence-corrected chi connectivity index (χ1v) is 9.90. The van der Waals surface area contributed by atoms with Crippen LogP contribution in [0.5, 0.6) is 0 Å². The first-order chi connectivity index (χ1) is 13.5. The summed E-state index contributed by atoms with van der Waals surface area (Å²) in [4.78, 5) is 19.4. The van der Waals surface area contributed by atoms with Gasteiger partial charge in [0.1, 0.15) is 0 Å². The minimum Gasteiger partial charge on any atom is -0.357 e. The Morgan fingerprint density at radius 2 is 2.00 bits per heavy atom. The predicted octanol–water partition coefficient (Wildman–Crippen LogP) is 2.69. The van der Waals surface area contributed by atoms with Crippen LogP contribution in [0.15, 0.2) is 29.3 Å². The Kier molecular flexibility index (Phi) is 8.48. The van der Waals surface area contributed by atoms with Crippen molar-refractivity contribution in [2.75, 3.05) is 24.5 Å². The number of halogens is 1. The van der Waals surface area contributed by atoms with Crippen molar-refractivity contribution < 1.29 is 4.79 Å². The van der Waals surface area contributed by atoms with Gasteiger partial charge in [0, 0.05) is 37.1 Å². The largest absolute Gasteiger partial charge is 0.357 e. The number of hydrogen-bond acceptors (Lipinski definition) is 3. The summed E-state index contributed by atoms with van der Waals surface area (Å²) in [5, 5.41) is 10.8. The normalized spacial score (nSPS) is 13.5. The molecule has 1 amide bonds. The molecule has 1 aromatic carbocycles. The fraction of sp³-hybridized carbons (Fsp3) is 0.476. The molecule has 0 saturated heterocycles. The van der Waals surface area contributed by atoms with Crippen molar-refractivity contribution in [3.05, 3.63) is 46.8 Å². The molecule has 7 nitrogen and oxygen atoms in total. The van der Waals surface area contributed by atoms with Gasteiger partial charge in [0.2, 0.25) is 5.91 Å². The summed E-state index contributed by atoms with van der Waals surface area (Å²) >= 11 is 0. The zero-order valence-electron chi connectivity index (χ0n) is 17.7. The van der Waals surface area contributed by atoms with Gasteiger partial charge in [-0.2, -0.15) is 5.10 Å². The number of nitrogens with zero attached hydrogens (tertiary/aromatic N) is 4. The monoisotopic (exact) mass is 510 g/mol. The van der Waals surface area contributed by atoms with E-state index in [0.717, 1.165) is 48.6 Å². The Labute approximate surface area is 190 Å². The van der Waals surface area contributed by atoms with Crippen LogP contribution in [0.25, 0.3) is 0 Å². The van der Waals surface area contributed by atoms with E-state index in [9.17, 15) is 4.79 Å². The molecule has 2 aromatic rings. The number of aliphatic imine (C=N–C) groups is 1. The average molecular weight is 510 g/mol. The number of carbonyl (C=O) groups excluding carboxylic acids is 1. The molecule has 0 bridgehead atoms. The molecule has 0 aliphatic carbocycles. The fourth-order valence-electron chi connectivity index (χ4n) is 3.59. The Morgan fingerprint density at radius 1 is 1.24 bits per heavy atom. The summed E-state index contributed by atoms with van der Waals surface area (Å²) in [6.07, 6.45) is 2.03. The van der Waals surface area contributed by atoms with Crippen LogP contribution < -0.4 is 15.5 Å². The summed E-state index contributed by atoms with van der Waals surface area (Å²) in [5.41, 5.74) is 5.49. The number of fused-ring (bicyclic) bond motifs is 1. The van der Waals surface area contributed by atoms with Crippen molar-refractivity contribution in [3.63, 3.8) is 0 Å². The molecule has 1 aromatic heterocycles. The van der Waals surface area contributed by atoms with E-state index in [4.69, 9.17) is 0 Å². The Hall–Kier alpha value is -2.10. The zero-order valence-corrected chi connectivity index (χ0v) is 20.0. The highest BCUT2D eigenvalue weighted by Gasteiger charge is 2.22. The highest BCUT2D eigenvalue weighted by Crippen LogP contribution is 2.26. The van der Waals surface area contributed by atoms with Gasteiger partial charge in [-0.1, -0.05) is 18.2 Å². The van der Waals surface area contributed by atoms with Crippen LogP contribution in [0.3, 0.4) is 0 Å². The van der Waals surface area contributed by atoms with Crippen molar-refractivity contribution in [2.24, 2.45) is 12.0 Å². The van der Waals surface area contributed by atoms with Crippen LogP contribution in [-0.2, 0) is 24.8 Å². The van der Waals surface area contributed by atoms with Gasteiger partial charge in [-0.25, -0.2) is 4.99 Å². The van der Waals surface area contributed by atoms with E-state index in [0.29, 0.717) is 12.5 Å². The molecule has 29 heavy (non-hydrogen) atoms. The summed E-state index contributed by atoms with van der Waals surface area (Å²) < 4.78 is 1.87. The van der Waals surface area contributed by atoms with E-state index in [1.165, 1.54) is 5.56 Å². The number of aryl methyl sites for hydroxylation is 3. The number of guanidine groups is 1. The third kappa shape index (κ3) is 5.49. The minimum atomic E-state index is 0. The Bertz CT molecular complexity index is 876. The summed E-state index contributed by atoms with van der Waals surface area (Å²) in [6.45, 7) is 8.29. The topological polar surface area (TPSA) is 74.5 Å². The SMILES string of the molecule is CCNC(=NCc1c(C)nn(C)c1C)NCC(=O)N1CCCc2ccccc21.I. The van der Waals surface area contributed by atoms with Crippen molar-refractivity contribution in [1.29, 1.82) is 0 Å².